The van der Waals surface area contributed by atoms with Crippen LogP contribution in [-0.2, 0) is 6.30 Å². The van der Waals surface area contributed by atoms with Crippen molar-refractivity contribution in [1.82, 2.24) is 14.8 Å². The van der Waals surface area contributed by atoms with Gasteiger partial charge in [0, 0.05) is 11.5 Å². The Hall–Kier alpha value is -1.79. The molecule has 0 aliphatic rings. The third kappa shape index (κ3) is 1.26. The minimum Gasteiger partial charge on any atom is -0.307 e. The molecular formula is C7H4F3N3O. The summed E-state index contributed by atoms with van der Waals surface area (Å²) in [5, 5.41) is 3.37. The molecule has 2 rings (SSSR count). The van der Waals surface area contributed by atoms with Gasteiger partial charge in [-0.15, -0.1) is 13.2 Å². The number of hydrogen-bond donors (Lipinski definition) is 1. The summed E-state index contributed by atoms with van der Waals surface area (Å²) in [5.41, 5.74) is -0.937. The molecule has 0 aliphatic heterocycles. The zero-order chi connectivity index (χ0) is 10.3. The van der Waals surface area contributed by atoms with E-state index in [0.29, 0.717) is 0 Å². The second-order valence-corrected chi connectivity index (χ2v) is 2.65. The third-order valence-corrected chi connectivity index (χ3v) is 1.69. The van der Waals surface area contributed by atoms with Gasteiger partial charge in [-0.2, -0.15) is 9.78 Å². The van der Waals surface area contributed by atoms with Crippen LogP contribution in [0.1, 0.15) is 0 Å². The number of alkyl halides is 3. The summed E-state index contributed by atoms with van der Waals surface area (Å²) in [4.78, 5) is 12.9. The van der Waals surface area contributed by atoms with E-state index in [9.17, 15) is 18.0 Å². The zero-order valence-corrected chi connectivity index (χ0v) is 6.67. The van der Waals surface area contributed by atoms with Crippen molar-refractivity contribution in [2.24, 2.45) is 0 Å². The lowest BCUT2D eigenvalue weighted by molar-refractivity contribution is -0.209. The largest absolute Gasteiger partial charge is 0.506 e. The SMILES string of the molecule is O=c1ccc2cnn(C(F)(F)F)c2[nH]1. The van der Waals surface area contributed by atoms with Gasteiger partial charge in [0.2, 0.25) is 5.56 Å². The van der Waals surface area contributed by atoms with Crippen LogP contribution in [0.2, 0.25) is 0 Å². The molecule has 0 saturated carbocycles. The highest BCUT2D eigenvalue weighted by molar-refractivity contribution is 5.73. The van der Waals surface area contributed by atoms with Gasteiger partial charge in [0.1, 0.15) is 5.65 Å². The van der Waals surface area contributed by atoms with Crippen LogP contribution in [0.3, 0.4) is 0 Å². The molecule has 0 aliphatic carbocycles. The quantitative estimate of drug-likeness (QED) is 0.699. The Bertz CT molecular complexity index is 525. The summed E-state index contributed by atoms with van der Waals surface area (Å²) in [6.07, 6.45) is -3.58. The first-order valence-corrected chi connectivity index (χ1v) is 3.63. The van der Waals surface area contributed by atoms with Crippen LogP contribution in [0.5, 0.6) is 0 Å². The van der Waals surface area contributed by atoms with Gasteiger partial charge in [0.05, 0.1) is 6.20 Å². The van der Waals surface area contributed by atoms with E-state index in [1.165, 1.54) is 6.07 Å². The minimum atomic E-state index is -4.62. The van der Waals surface area contributed by atoms with Crippen molar-refractivity contribution < 1.29 is 13.2 Å². The number of halogens is 3. The number of rotatable bonds is 0. The third-order valence-electron chi connectivity index (χ3n) is 1.69. The normalized spacial score (nSPS) is 12.2. The number of H-pyrrole nitrogens is 1. The van der Waals surface area contributed by atoms with Crippen LogP contribution in [0.4, 0.5) is 13.2 Å². The molecule has 0 bridgehead atoms. The van der Waals surface area contributed by atoms with Crippen molar-refractivity contribution in [2.45, 2.75) is 6.30 Å². The van der Waals surface area contributed by atoms with E-state index in [2.05, 4.69) is 10.1 Å². The van der Waals surface area contributed by atoms with Crippen LogP contribution in [0.25, 0.3) is 11.0 Å². The van der Waals surface area contributed by atoms with E-state index < -0.39 is 11.9 Å². The second-order valence-electron chi connectivity index (χ2n) is 2.65. The molecule has 74 valence electrons. The molecule has 2 aromatic rings. The summed E-state index contributed by atoms with van der Waals surface area (Å²) in [6, 6.07) is 2.42. The smallest absolute Gasteiger partial charge is 0.307 e. The fourth-order valence-electron chi connectivity index (χ4n) is 1.12. The minimum absolute atomic E-state index is 0.177. The Balaban J connectivity index is 2.80. The maximum Gasteiger partial charge on any atom is 0.506 e. The standard InChI is InChI=1S/C7H4F3N3O/c8-7(9,10)13-6-4(3-11-13)1-2-5(14)12-6/h1-3H,(H,12,14). The van der Waals surface area contributed by atoms with Crippen molar-refractivity contribution in [2.75, 3.05) is 0 Å². The molecular weight excluding hydrogens is 199 g/mol. The van der Waals surface area contributed by atoms with Crippen molar-refractivity contribution >= 4 is 11.0 Å². The number of nitrogens with one attached hydrogen (secondary N) is 1. The van der Waals surface area contributed by atoms with E-state index >= 15 is 0 Å². The first kappa shape index (κ1) is 8.79. The summed E-state index contributed by atoms with van der Waals surface area (Å²) in [5.74, 6) is 0. The van der Waals surface area contributed by atoms with Crippen molar-refractivity contribution in [3.8, 4) is 0 Å². The van der Waals surface area contributed by atoms with Gasteiger partial charge in [0.25, 0.3) is 0 Å². The van der Waals surface area contributed by atoms with E-state index in [0.717, 1.165) is 12.3 Å². The topological polar surface area (TPSA) is 50.7 Å². The first-order valence-electron chi connectivity index (χ1n) is 3.63. The molecule has 2 aromatic heterocycles. The number of nitrogens with zero attached hydrogens (tertiary/aromatic N) is 2. The predicted molar refractivity (Wildman–Crippen MR) is 41.7 cm³/mol. The highest BCUT2D eigenvalue weighted by Crippen LogP contribution is 2.24. The van der Waals surface area contributed by atoms with Crippen molar-refractivity contribution in [3.05, 3.63) is 28.7 Å². The van der Waals surface area contributed by atoms with Gasteiger partial charge in [-0.05, 0) is 6.07 Å². The number of pyridine rings is 1. The van der Waals surface area contributed by atoms with Crippen LogP contribution < -0.4 is 5.56 Å². The molecule has 0 unspecified atom stereocenters. The molecule has 4 nitrogen and oxygen atoms in total. The summed E-state index contributed by atoms with van der Waals surface area (Å²) in [6.45, 7) is 0. The fourth-order valence-corrected chi connectivity index (χ4v) is 1.12. The Kier molecular flexibility index (Phi) is 1.63. The van der Waals surface area contributed by atoms with Gasteiger partial charge in [-0.1, -0.05) is 0 Å². The summed E-state index contributed by atoms with van der Waals surface area (Å²) < 4.78 is 36.6. The van der Waals surface area contributed by atoms with Crippen LogP contribution in [-0.4, -0.2) is 14.8 Å². The lowest BCUT2D eigenvalue weighted by atomic mass is 10.4. The Morgan fingerprint density at radius 2 is 2.07 bits per heavy atom. The molecule has 0 radical (unpaired) electrons. The molecule has 1 N–H and O–H groups in total. The van der Waals surface area contributed by atoms with E-state index in [1.807, 2.05) is 0 Å². The Labute approximate surface area is 75.0 Å². The fraction of sp³-hybridized carbons (Fsp3) is 0.143. The molecule has 0 fully saturated rings. The molecule has 2 heterocycles. The number of fused-ring (bicyclic) bond motifs is 1. The van der Waals surface area contributed by atoms with Crippen LogP contribution >= 0.6 is 0 Å². The van der Waals surface area contributed by atoms with Gasteiger partial charge >= 0.3 is 6.30 Å². The molecule has 7 heteroatoms. The highest BCUT2D eigenvalue weighted by atomic mass is 19.4. The van der Waals surface area contributed by atoms with E-state index in [-0.39, 0.29) is 15.7 Å². The zero-order valence-electron chi connectivity index (χ0n) is 6.67. The number of hydrogen-bond acceptors (Lipinski definition) is 2. The van der Waals surface area contributed by atoms with Crippen molar-refractivity contribution in [1.29, 1.82) is 0 Å². The predicted octanol–water partition coefficient (Wildman–Crippen LogP) is 1.20. The molecule has 0 aromatic carbocycles. The molecule has 0 spiro atoms. The maximum atomic E-state index is 12.3. The first-order chi connectivity index (χ1) is 6.48. The van der Waals surface area contributed by atoms with Gasteiger partial charge in [0.15, 0.2) is 0 Å². The average Bonchev–Trinajstić information content (AvgIpc) is 2.45. The second kappa shape index (κ2) is 2.60. The average molecular weight is 203 g/mol. The van der Waals surface area contributed by atoms with E-state index in [1.54, 1.807) is 0 Å². The highest BCUT2D eigenvalue weighted by Gasteiger charge is 2.33. The number of aromatic amines is 1. The van der Waals surface area contributed by atoms with Gasteiger partial charge in [-0.25, -0.2) is 0 Å². The molecule has 0 amide bonds. The van der Waals surface area contributed by atoms with Crippen LogP contribution in [0, 0.1) is 0 Å². The molecule has 0 saturated heterocycles. The number of aromatic nitrogens is 3. The Morgan fingerprint density at radius 3 is 2.71 bits per heavy atom. The Morgan fingerprint density at radius 1 is 1.36 bits per heavy atom. The van der Waals surface area contributed by atoms with Crippen molar-refractivity contribution in [3.63, 3.8) is 0 Å². The molecule has 0 atom stereocenters. The van der Waals surface area contributed by atoms with Gasteiger partial charge < -0.3 is 4.98 Å². The van der Waals surface area contributed by atoms with E-state index in [4.69, 9.17) is 0 Å². The summed E-state index contributed by atoms with van der Waals surface area (Å²) >= 11 is 0. The lowest BCUT2D eigenvalue weighted by Crippen LogP contribution is -2.19. The van der Waals surface area contributed by atoms with Gasteiger partial charge in [-0.3, -0.25) is 4.79 Å². The summed E-state index contributed by atoms with van der Waals surface area (Å²) in [7, 11) is 0. The monoisotopic (exact) mass is 203 g/mol. The molecule has 14 heavy (non-hydrogen) atoms. The van der Waals surface area contributed by atoms with Crippen LogP contribution in [0.15, 0.2) is 23.1 Å². The maximum absolute atomic E-state index is 12.3. The lowest BCUT2D eigenvalue weighted by Gasteiger charge is -2.05.